The van der Waals surface area contributed by atoms with Gasteiger partial charge >= 0.3 is 0 Å². The first-order valence-electron chi connectivity index (χ1n) is 8.71. The van der Waals surface area contributed by atoms with Gasteiger partial charge < -0.3 is 10.1 Å². The number of carbonyl (C=O) groups excluding carboxylic acids is 1. The molecule has 1 heterocycles. The van der Waals surface area contributed by atoms with Crippen LogP contribution in [-0.2, 0) is 6.54 Å². The van der Waals surface area contributed by atoms with Crippen molar-refractivity contribution < 1.29 is 13.9 Å². The molecule has 0 atom stereocenters. The van der Waals surface area contributed by atoms with Gasteiger partial charge in [0.25, 0.3) is 5.91 Å². The maximum Gasteiger partial charge on any atom is 0.255 e. The molecule has 2 aromatic rings. The second-order valence-electron chi connectivity index (χ2n) is 6.81. The number of benzene rings is 2. The molecule has 0 spiro atoms. The van der Waals surface area contributed by atoms with E-state index in [1.807, 2.05) is 24.3 Å². The van der Waals surface area contributed by atoms with E-state index in [2.05, 4.69) is 10.2 Å². The molecule has 4 rings (SSSR count). The molecule has 1 N–H and O–H groups in total. The Hall–Kier alpha value is -2.40. The average molecular weight is 340 g/mol. The highest BCUT2D eigenvalue weighted by atomic mass is 19.1. The molecule has 2 aliphatic rings. The van der Waals surface area contributed by atoms with Crippen LogP contribution in [0.25, 0.3) is 0 Å². The lowest BCUT2D eigenvalue weighted by Crippen LogP contribution is -2.53. The summed E-state index contributed by atoms with van der Waals surface area (Å²) in [5.41, 5.74) is 1.56. The maximum atomic E-state index is 13.2. The minimum atomic E-state index is -0.207. The predicted octanol–water partition coefficient (Wildman–Crippen LogP) is 2.98. The molecule has 1 aliphatic carbocycles. The Bertz CT molecular complexity index is 770. The zero-order chi connectivity index (χ0) is 17.2. The number of nitrogens with zero attached hydrogens (tertiary/aromatic N) is 1. The van der Waals surface area contributed by atoms with Crippen LogP contribution in [0.3, 0.4) is 0 Å². The van der Waals surface area contributed by atoms with E-state index in [1.165, 1.54) is 6.07 Å². The lowest BCUT2D eigenvalue weighted by Gasteiger charge is -2.39. The van der Waals surface area contributed by atoms with Gasteiger partial charge in [-0.15, -0.1) is 0 Å². The van der Waals surface area contributed by atoms with E-state index in [4.69, 9.17) is 4.74 Å². The number of amides is 1. The van der Waals surface area contributed by atoms with Crippen molar-refractivity contribution in [1.29, 1.82) is 0 Å². The highest BCUT2D eigenvalue weighted by Gasteiger charge is 2.30. The van der Waals surface area contributed by atoms with Crippen LogP contribution in [0.4, 0.5) is 4.39 Å². The van der Waals surface area contributed by atoms with Crippen molar-refractivity contribution in [3.8, 4) is 5.75 Å². The van der Waals surface area contributed by atoms with Crippen LogP contribution >= 0.6 is 0 Å². The Morgan fingerprint density at radius 1 is 1.16 bits per heavy atom. The van der Waals surface area contributed by atoms with E-state index in [-0.39, 0.29) is 17.8 Å². The molecule has 0 bridgehead atoms. The zero-order valence-corrected chi connectivity index (χ0v) is 14.0. The zero-order valence-electron chi connectivity index (χ0n) is 14.0. The summed E-state index contributed by atoms with van der Waals surface area (Å²) < 4.78 is 19.3. The molecular weight excluding hydrogens is 319 g/mol. The summed E-state index contributed by atoms with van der Waals surface area (Å²) in [7, 11) is 0. The van der Waals surface area contributed by atoms with E-state index in [1.54, 1.807) is 18.2 Å². The predicted molar refractivity (Wildman–Crippen MR) is 93.0 cm³/mol. The number of halogens is 1. The number of para-hydroxylation sites is 1. The molecule has 4 nitrogen and oxygen atoms in total. The van der Waals surface area contributed by atoms with E-state index < -0.39 is 0 Å². The Balaban J connectivity index is 1.32. The molecule has 0 radical (unpaired) electrons. The van der Waals surface area contributed by atoms with Gasteiger partial charge in [-0.3, -0.25) is 9.69 Å². The summed E-state index contributed by atoms with van der Waals surface area (Å²) in [5.74, 6) is 0.367. The third kappa shape index (κ3) is 3.99. The fourth-order valence-corrected chi connectivity index (χ4v) is 3.05. The highest BCUT2D eigenvalue weighted by molar-refractivity contribution is 5.97. The fourth-order valence-electron chi connectivity index (χ4n) is 3.05. The molecule has 5 heteroatoms. The number of likely N-dealkylation sites (tertiary alicyclic amines) is 1. The standard InChI is InChI=1S/C20H21FN2O2/c21-15-5-3-4-14(10-15)11-23-12-17(13-23)25-19-7-2-1-6-18(19)20(24)22-16-8-9-16/h1-7,10,16-17H,8-9,11-13H2,(H,22,24). The van der Waals surface area contributed by atoms with Gasteiger partial charge in [0.15, 0.2) is 0 Å². The largest absolute Gasteiger partial charge is 0.487 e. The van der Waals surface area contributed by atoms with Crippen LogP contribution in [0.2, 0.25) is 0 Å². The van der Waals surface area contributed by atoms with E-state index in [0.29, 0.717) is 23.9 Å². The van der Waals surface area contributed by atoms with Gasteiger partial charge in [-0.2, -0.15) is 0 Å². The first-order valence-corrected chi connectivity index (χ1v) is 8.71. The molecule has 0 unspecified atom stereocenters. The second-order valence-corrected chi connectivity index (χ2v) is 6.81. The van der Waals surface area contributed by atoms with Crippen molar-refractivity contribution >= 4 is 5.91 Å². The molecular formula is C20H21FN2O2. The van der Waals surface area contributed by atoms with Gasteiger partial charge in [0.2, 0.25) is 0 Å². The number of ether oxygens (including phenoxy) is 1. The lowest BCUT2D eigenvalue weighted by molar-refractivity contribution is 0.0140. The Kier molecular flexibility index (Phi) is 4.40. The van der Waals surface area contributed by atoms with Crippen molar-refractivity contribution in [3.63, 3.8) is 0 Å². The number of carbonyl (C=O) groups is 1. The SMILES string of the molecule is O=C(NC1CC1)c1ccccc1OC1CN(Cc2cccc(F)c2)C1. The van der Waals surface area contributed by atoms with Crippen molar-refractivity contribution in [2.45, 2.75) is 31.5 Å². The third-order valence-electron chi connectivity index (χ3n) is 4.56. The molecule has 25 heavy (non-hydrogen) atoms. The molecule has 1 saturated carbocycles. The average Bonchev–Trinajstić information content (AvgIpc) is 3.37. The van der Waals surface area contributed by atoms with Crippen LogP contribution in [-0.4, -0.2) is 36.0 Å². The molecule has 1 aliphatic heterocycles. The van der Waals surface area contributed by atoms with Crippen molar-refractivity contribution in [2.24, 2.45) is 0 Å². The summed E-state index contributed by atoms with van der Waals surface area (Å²) >= 11 is 0. The normalized spacial score (nSPS) is 17.8. The number of rotatable bonds is 6. The van der Waals surface area contributed by atoms with Gasteiger partial charge in [-0.05, 0) is 42.7 Å². The summed E-state index contributed by atoms with van der Waals surface area (Å²) in [5, 5.41) is 3.00. The van der Waals surface area contributed by atoms with Gasteiger partial charge in [-0.1, -0.05) is 24.3 Å². The molecule has 2 fully saturated rings. The number of hydrogen-bond donors (Lipinski definition) is 1. The van der Waals surface area contributed by atoms with Crippen LogP contribution < -0.4 is 10.1 Å². The lowest BCUT2D eigenvalue weighted by atomic mass is 10.1. The summed E-state index contributed by atoms with van der Waals surface area (Å²) in [4.78, 5) is 14.5. The van der Waals surface area contributed by atoms with Gasteiger partial charge in [0, 0.05) is 25.7 Å². The van der Waals surface area contributed by atoms with Crippen molar-refractivity contribution in [1.82, 2.24) is 10.2 Å². The fraction of sp³-hybridized carbons (Fsp3) is 0.350. The molecule has 2 aromatic carbocycles. The van der Waals surface area contributed by atoms with Crippen LogP contribution in [0.5, 0.6) is 5.75 Å². The summed E-state index contributed by atoms with van der Waals surface area (Å²) in [6, 6.07) is 14.4. The summed E-state index contributed by atoms with van der Waals surface area (Å²) in [6.45, 7) is 2.26. The first-order chi connectivity index (χ1) is 12.2. The first kappa shape index (κ1) is 16.1. The van der Waals surface area contributed by atoms with E-state index in [0.717, 1.165) is 31.5 Å². The molecule has 0 aromatic heterocycles. The molecule has 1 saturated heterocycles. The van der Waals surface area contributed by atoms with Crippen LogP contribution in [0.15, 0.2) is 48.5 Å². The van der Waals surface area contributed by atoms with Gasteiger partial charge in [-0.25, -0.2) is 4.39 Å². The highest BCUT2D eigenvalue weighted by Crippen LogP contribution is 2.25. The van der Waals surface area contributed by atoms with Crippen molar-refractivity contribution in [3.05, 3.63) is 65.5 Å². The Morgan fingerprint density at radius 3 is 2.72 bits per heavy atom. The topological polar surface area (TPSA) is 41.6 Å². The Labute approximate surface area is 146 Å². The van der Waals surface area contributed by atoms with Gasteiger partial charge in [0.1, 0.15) is 17.7 Å². The van der Waals surface area contributed by atoms with E-state index >= 15 is 0 Å². The van der Waals surface area contributed by atoms with Crippen LogP contribution in [0.1, 0.15) is 28.8 Å². The summed E-state index contributed by atoms with van der Waals surface area (Å²) in [6.07, 6.45) is 2.18. The minimum absolute atomic E-state index is 0.0587. The molecule has 130 valence electrons. The monoisotopic (exact) mass is 340 g/mol. The van der Waals surface area contributed by atoms with Crippen molar-refractivity contribution in [2.75, 3.05) is 13.1 Å². The second kappa shape index (κ2) is 6.84. The van der Waals surface area contributed by atoms with Crippen LogP contribution in [0, 0.1) is 5.82 Å². The number of hydrogen-bond acceptors (Lipinski definition) is 3. The quantitative estimate of drug-likeness (QED) is 0.879. The smallest absolute Gasteiger partial charge is 0.255 e. The third-order valence-corrected chi connectivity index (χ3v) is 4.56. The van der Waals surface area contributed by atoms with E-state index in [9.17, 15) is 9.18 Å². The molecule has 1 amide bonds. The Morgan fingerprint density at radius 2 is 1.96 bits per heavy atom. The van der Waals surface area contributed by atoms with Gasteiger partial charge in [0.05, 0.1) is 5.56 Å². The maximum absolute atomic E-state index is 13.2. The number of nitrogens with one attached hydrogen (secondary N) is 1. The minimum Gasteiger partial charge on any atom is -0.487 e.